The zero-order valence-corrected chi connectivity index (χ0v) is 11.4. The van der Waals surface area contributed by atoms with Gasteiger partial charge in [0, 0.05) is 17.5 Å². The van der Waals surface area contributed by atoms with E-state index in [0.29, 0.717) is 12.6 Å². The summed E-state index contributed by atoms with van der Waals surface area (Å²) in [4.78, 5) is 12.1. The molecule has 3 nitrogen and oxygen atoms in total. The number of nitrogens with two attached hydrogens (primary N) is 1. The minimum atomic E-state index is 0.00190. The van der Waals surface area contributed by atoms with Gasteiger partial charge in [-0.2, -0.15) is 0 Å². The maximum Gasteiger partial charge on any atom is 0.251 e. The number of amides is 1. The topological polar surface area (TPSA) is 45.7 Å². The van der Waals surface area contributed by atoms with Crippen LogP contribution in [0.5, 0.6) is 0 Å². The quantitative estimate of drug-likeness (QED) is 0.864. The summed E-state index contributed by atoms with van der Waals surface area (Å²) in [7, 11) is 0. The molecule has 1 atom stereocenters. The first kappa shape index (κ1) is 12.9. The van der Waals surface area contributed by atoms with Crippen molar-refractivity contribution < 1.29 is 10.1 Å². The Morgan fingerprint density at radius 2 is 1.85 bits per heavy atom. The Morgan fingerprint density at radius 1 is 1.10 bits per heavy atom. The van der Waals surface area contributed by atoms with Crippen molar-refractivity contribution in [3.8, 4) is 0 Å². The average molecular weight is 267 g/mol. The van der Waals surface area contributed by atoms with Crippen molar-refractivity contribution in [3.63, 3.8) is 0 Å². The Kier molecular flexibility index (Phi) is 3.79. The third-order valence-electron chi connectivity index (χ3n) is 3.84. The standard InChI is InChI=1S/C17H18N2O/c20-17(14-7-2-1-3-8-14)19-12-16-15-9-5-4-6-13(15)10-11-18-16/h1-9,16,18H,10-12H2,(H,19,20)/p+1/t16-/m1/s1. The summed E-state index contributed by atoms with van der Waals surface area (Å²) in [5.41, 5.74) is 3.48. The summed E-state index contributed by atoms with van der Waals surface area (Å²) in [5.74, 6) is 0.00190. The van der Waals surface area contributed by atoms with Crippen LogP contribution in [-0.2, 0) is 6.42 Å². The molecule has 2 aromatic rings. The van der Waals surface area contributed by atoms with Crippen LogP contribution in [0.2, 0.25) is 0 Å². The molecule has 1 amide bonds. The van der Waals surface area contributed by atoms with E-state index < -0.39 is 0 Å². The molecule has 0 fully saturated rings. The van der Waals surface area contributed by atoms with Gasteiger partial charge in [0.25, 0.3) is 5.91 Å². The van der Waals surface area contributed by atoms with E-state index in [2.05, 4.69) is 34.9 Å². The third kappa shape index (κ3) is 2.73. The maximum atomic E-state index is 12.1. The molecule has 0 spiro atoms. The highest BCUT2D eigenvalue weighted by Gasteiger charge is 2.23. The minimum absolute atomic E-state index is 0.00190. The first-order valence-corrected chi connectivity index (χ1v) is 7.09. The van der Waals surface area contributed by atoms with E-state index in [0.717, 1.165) is 18.5 Å². The second-order valence-corrected chi connectivity index (χ2v) is 5.16. The van der Waals surface area contributed by atoms with Gasteiger partial charge in [0.15, 0.2) is 0 Å². The van der Waals surface area contributed by atoms with E-state index in [9.17, 15) is 4.79 Å². The van der Waals surface area contributed by atoms with Gasteiger partial charge in [-0.05, 0) is 17.7 Å². The molecule has 0 saturated heterocycles. The van der Waals surface area contributed by atoms with E-state index in [1.54, 1.807) is 0 Å². The molecule has 102 valence electrons. The Labute approximate surface area is 119 Å². The van der Waals surface area contributed by atoms with Crippen molar-refractivity contribution in [2.24, 2.45) is 0 Å². The van der Waals surface area contributed by atoms with Gasteiger partial charge in [-0.15, -0.1) is 0 Å². The number of nitrogens with one attached hydrogen (secondary N) is 1. The summed E-state index contributed by atoms with van der Waals surface area (Å²) < 4.78 is 0. The van der Waals surface area contributed by atoms with Crippen LogP contribution in [0.4, 0.5) is 0 Å². The Hall–Kier alpha value is -2.13. The van der Waals surface area contributed by atoms with E-state index in [1.165, 1.54) is 11.1 Å². The van der Waals surface area contributed by atoms with Gasteiger partial charge in [0.1, 0.15) is 6.04 Å². The molecule has 20 heavy (non-hydrogen) atoms. The SMILES string of the molecule is O=C(NC[C@H]1[NH2+]CCc2ccccc21)c1ccccc1. The molecule has 0 radical (unpaired) electrons. The average Bonchev–Trinajstić information content (AvgIpc) is 2.53. The van der Waals surface area contributed by atoms with Crippen molar-refractivity contribution in [1.82, 2.24) is 5.32 Å². The summed E-state index contributed by atoms with van der Waals surface area (Å²) >= 11 is 0. The zero-order valence-electron chi connectivity index (χ0n) is 11.4. The minimum Gasteiger partial charge on any atom is -0.346 e. The van der Waals surface area contributed by atoms with Crippen molar-refractivity contribution >= 4 is 5.91 Å². The first-order chi connectivity index (χ1) is 9.84. The number of hydrogen-bond donors (Lipinski definition) is 2. The van der Waals surface area contributed by atoms with Crippen LogP contribution < -0.4 is 10.6 Å². The fourth-order valence-corrected chi connectivity index (χ4v) is 2.78. The number of carbonyl (C=O) groups is 1. The zero-order chi connectivity index (χ0) is 13.8. The Morgan fingerprint density at radius 3 is 2.70 bits per heavy atom. The fraction of sp³-hybridized carbons (Fsp3) is 0.235. The first-order valence-electron chi connectivity index (χ1n) is 7.09. The summed E-state index contributed by atoms with van der Waals surface area (Å²) in [6, 6.07) is 18.2. The molecule has 3 N–H and O–H groups in total. The number of hydrogen-bond acceptors (Lipinski definition) is 1. The fourth-order valence-electron chi connectivity index (χ4n) is 2.78. The molecule has 0 bridgehead atoms. The van der Waals surface area contributed by atoms with Gasteiger partial charge in [-0.1, -0.05) is 42.5 Å². The highest BCUT2D eigenvalue weighted by Crippen LogP contribution is 2.17. The molecule has 1 aliphatic rings. The number of rotatable bonds is 3. The van der Waals surface area contributed by atoms with E-state index in [1.807, 2.05) is 30.3 Å². The van der Waals surface area contributed by atoms with Crippen LogP contribution in [0.25, 0.3) is 0 Å². The van der Waals surface area contributed by atoms with Gasteiger partial charge >= 0.3 is 0 Å². The van der Waals surface area contributed by atoms with Gasteiger partial charge in [-0.25, -0.2) is 0 Å². The van der Waals surface area contributed by atoms with Gasteiger partial charge in [0.05, 0.1) is 13.1 Å². The van der Waals surface area contributed by atoms with Crippen LogP contribution >= 0.6 is 0 Å². The highest BCUT2D eigenvalue weighted by atomic mass is 16.1. The molecule has 1 aliphatic heterocycles. The normalized spacial score (nSPS) is 17.3. The predicted octanol–water partition coefficient (Wildman–Crippen LogP) is 1.28. The second-order valence-electron chi connectivity index (χ2n) is 5.16. The molecule has 0 aromatic heterocycles. The monoisotopic (exact) mass is 267 g/mol. The molecule has 2 aromatic carbocycles. The number of carbonyl (C=O) groups excluding carboxylic acids is 1. The second kappa shape index (κ2) is 5.88. The molecular formula is C17H19N2O+. The van der Waals surface area contributed by atoms with Crippen LogP contribution in [0.15, 0.2) is 54.6 Å². The predicted molar refractivity (Wildman–Crippen MR) is 78.5 cm³/mol. The third-order valence-corrected chi connectivity index (χ3v) is 3.84. The molecule has 0 unspecified atom stereocenters. The van der Waals surface area contributed by atoms with Gasteiger partial charge in [-0.3, -0.25) is 4.79 Å². The van der Waals surface area contributed by atoms with Crippen molar-refractivity contribution in [3.05, 3.63) is 71.3 Å². The summed E-state index contributed by atoms with van der Waals surface area (Å²) in [6.45, 7) is 1.76. The molecule has 0 aliphatic carbocycles. The molecule has 0 saturated carbocycles. The lowest BCUT2D eigenvalue weighted by Crippen LogP contribution is -2.88. The molecule has 3 rings (SSSR count). The lowest BCUT2D eigenvalue weighted by molar-refractivity contribution is -0.697. The number of fused-ring (bicyclic) bond motifs is 1. The Bertz CT molecular complexity index is 595. The molecular weight excluding hydrogens is 248 g/mol. The van der Waals surface area contributed by atoms with Crippen molar-refractivity contribution in [1.29, 1.82) is 0 Å². The van der Waals surface area contributed by atoms with Gasteiger partial charge < -0.3 is 10.6 Å². The van der Waals surface area contributed by atoms with Crippen LogP contribution in [-0.4, -0.2) is 19.0 Å². The smallest absolute Gasteiger partial charge is 0.251 e. The molecule has 3 heteroatoms. The lowest BCUT2D eigenvalue weighted by Gasteiger charge is -2.24. The van der Waals surface area contributed by atoms with Crippen molar-refractivity contribution in [2.45, 2.75) is 12.5 Å². The van der Waals surface area contributed by atoms with Crippen LogP contribution in [0.3, 0.4) is 0 Å². The van der Waals surface area contributed by atoms with E-state index in [4.69, 9.17) is 0 Å². The number of quaternary nitrogens is 1. The largest absolute Gasteiger partial charge is 0.346 e. The van der Waals surface area contributed by atoms with Crippen molar-refractivity contribution in [2.75, 3.05) is 13.1 Å². The number of benzene rings is 2. The molecule has 1 heterocycles. The maximum absolute atomic E-state index is 12.1. The highest BCUT2D eigenvalue weighted by molar-refractivity contribution is 5.94. The van der Waals surface area contributed by atoms with E-state index in [-0.39, 0.29) is 5.91 Å². The summed E-state index contributed by atoms with van der Waals surface area (Å²) in [6.07, 6.45) is 1.11. The van der Waals surface area contributed by atoms with Gasteiger partial charge in [0.2, 0.25) is 0 Å². The van der Waals surface area contributed by atoms with E-state index >= 15 is 0 Å². The van der Waals surface area contributed by atoms with Crippen LogP contribution in [0.1, 0.15) is 27.5 Å². The summed E-state index contributed by atoms with van der Waals surface area (Å²) in [5, 5.41) is 5.35. The lowest BCUT2D eigenvalue weighted by atomic mass is 9.94. The van der Waals surface area contributed by atoms with Crippen LogP contribution in [0, 0.1) is 0 Å². The Balaban J connectivity index is 1.67.